The molecule has 1 unspecified atom stereocenters. The average molecular weight is 353 g/mol. The molecule has 0 bridgehead atoms. The summed E-state index contributed by atoms with van der Waals surface area (Å²) in [5.41, 5.74) is 5.88. The van der Waals surface area contributed by atoms with Gasteiger partial charge in [-0.25, -0.2) is 0 Å². The van der Waals surface area contributed by atoms with Gasteiger partial charge in [-0.05, 0) is 0 Å². The number of allylic oxidation sites excluding steroid dienone is 1. The summed E-state index contributed by atoms with van der Waals surface area (Å²) in [5.74, 6) is 0. The van der Waals surface area contributed by atoms with E-state index >= 15 is 0 Å². The summed E-state index contributed by atoms with van der Waals surface area (Å²) in [6.45, 7) is 4.67. The second-order valence-corrected chi connectivity index (χ2v) is 11.5. The first-order valence-electron chi connectivity index (χ1n) is 9.56. The van der Waals surface area contributed by atoms with Crippen molar-refractivity contribution in [2.75, 3.05) is 0 Å². The second-order valence-electron chi connectivity index (χ2n) is 6.88. The number of rotatable bonds is 8. The van der Waals surface area contributed by atoms with Gasteiger partial charge in [0.05, 0.1) is 0 Å². The molecule has 0 radical (unpaired) electrons. The molecule has 2 aromatic carbocycles. The Balaban J connectivity index is 1.90. The van der Waals surface area contributed by atoms with Crippen LogP contribution in [0.2, 0.25) is 9.45 Å². The summed E-state index contributed by atoms with van der Waals surface area (Å²) in [7, 11) is 0. The molecule has 0 fully saturated rings. The van der Waals surface area contributed by atoms with Crippen molar-refractivity contribution in [2.24, 2.45) is 0 Å². The van der Waals surface area contributed by atoms with Crippen LogP contribution in [-0.2, 0) is 17.9 Å². The quantitative estimate of drug-likeness (QED) is 0.432. The van der Waals surface area contributed by atoms with E-state index in [0.717, 1.165) is 4.22 Å². The van der Waals surface area contributed by atoms with Crippen LogP contribution in [0.25, 0.3) is 17.2 Å². The summed E-state index contributed by atoms with van der Waals surface area (Å²) in [6, 6.07) is 17.8. The molecule has 2 aromatic rings. The fourth-order valence-corrected chi connectivity index (χ4v) is 9.34. The van der Waals surface area contributed by atoms with Crippen molar-refractivity contribution < 1.29 is 17.9 Å². The van der Waals surface area contributed by atoms with Crippen LogP contribution in [-0.4, -0.2) is 0 Å². The van der Waals surface area contributed by atoms with Crippen LogP contribution < -0.4 is 0 Å². The van der Waals surface area contributed by atoms with E-state index in [4.69, 9.17) is 0 Å². The molecule has 0 aromatic heterocycles. The van der Waals surface area contributed by atoms with Crippen LogP contribution in [0.4, 0.5) is 0 Å². The summed E-state index contributed by atoms with van der Waals surface area (Å²) in [5, 5.41) is 0. The van der Waals surface area contributed by atoms with Crippen molar-refractivity contribution in [3.63, 3.8) is 0 Å². The maximum atomic E-state index is 2.55. The van der Waals surface area contributed by atoms with Crippen molar-refractivity contribution in [3.8, 4) is 11.1 Å². The zero-order chi connectivity index (χ0) is 16.8. The second kappa shape index (κ2) is 8.83. The molecule has 1 aliphatic carbocycles. The van der Waals surface area contributed by atoms with E-state index < -0.39 is 17.9 Å². The molecular formula is C23H29Ti. The molecule has 1 heteroatoms. The molecule has 0 amide bonds. The van der Waals surface area contributed by atoms with E-state index in [1.165, 1.54) is 51.8 Å². The Morgan fingerprint density at radius 3 is 2.21 bits per heavy atom. The predicted molar refractivity (Wildman–Crippen MR) is 103 cm³/mol. The van der Waals surface area contributed by atoms with Gasteiger partial charge < -0.3 is 0 Å². The van der Waals surface area contributed by atoms with Gasteiger partial charge in [-0.1, -0.05) is 0 Å². The zero-order valence-corrected chi connectivity index (χ0v) is 16.7. The monoisotopic (exact) mass is 353 g/mol. The normalized spacial score (nSPS) is 15.5. The Bertz CT molecular complexity index is 664. The minimum atomic E-state index is -1.07. The maximum absolute atomic E-state index is 2.55. The molecule has 0 nitrogen and oxygen atoms in total. The van der Waals surface area contributed by atoms with E-state index in [-0.39, 0.29) is 0 Å². The Labute approximate surface area is 153 Å². The topological polar surface area (TPSA) is 0 Å². The van der Waals surface area contributed by atoms with Gasteiger partial charge in [0, 0.05) is 0 Å². The Kier molecular flexibility index (Phi) is 6.52. The molecule has 0 heterocycles. The van der Waals surface area contributed by atoms with Gasteiger partial charge in [0.25, 0.3) is 0 Å². The van der Waals surface area contributed by atoms with Crippen LogP contribution in [0.5, 0.6) is 0 Å². The van der Waals surface area contributed by atoms with E-state index in [2.05, 4.69) is 74.5 Å². The van der Waals surface area contributed by atoms with Gasteiger partial charge in [-0.2, -0.15) is 0 Å². The fourth-order valence-electron chi connectivity index (χ4n) is 3.81. The van der Waals surface area contributed by atoms with Crippen molar-refractivity contribution >= 4 is 6.08 Å². The van der Waals surface area contributed by atoms with Gasteiger partial charge in [0.2, 0.25) is 0 Å². The molecule has 1 aliphatic rings. The van der Waals surface area contributed by atoms with Crippen LogP contribution in [0, 0.1) is 0 Å². The number of fused-ring (bicyclic) bond motifs is 1. The average Bonchev–Trinajstić information content (AvgIpc) is 3.07. The first-order chi connectivity index (χ1) is 11.8. The van der Waals surface area contributed by atoms with Crippen molar-refractivity contribution in [1.82, 2.24) is 0 Å². The van der Waals surface area contributed by atoms with Gasteiger partial charge in [0.15, 0.2) is 0 Å². The molecule has 24 heavy (non-hydrogen) atoms. The van der Waals surface area contributed by atoms with Gasteiger partial charge in [-0.3, -0.25) is 0 Å². The van der Waals surface area contributed by atoms with Gasteiger partial charge in [-0.15, -0.1) is 0 Å². The minimum absolute atomic E-state index is 0.779. The predicted octanol–water partition coefficient (Wildman–Crippen LogP) is 7.48. The Morgan fingerprint density at radius 2 is 1.54 bits per heavy atom. The Morgan fingerprint density at radius 1 is 0.833 bits per heavy atom. The molecule has 0 aliphatic heterocycles. The van der Waals surface area contributed by atoms with Crippen LogP contribution in [0.3, 0.4) is 0 Å². The van der Waals surface area contributed by atoms with Crippen LogP contribution in [0.1, 0.15) is 54.9 Å². The molecule has 0 saturated heterocycles. The number of hydrogen-bond acceptors (Lipinski definition) is 0. The van der Waals surface area contributed by atoms with E-state index in [9.17, 15) is 0 Å². The van der Waals surface area contributed by atoms with Crippen molar-refractivity contribution in [3.05, 3.63) is 65.7 Å². The van der Waals surface area contributed by atoms with E-state index in [0.29, 0.717) is 0 Å². The first-order valence-corrected chi connectivity index (χ1v) is 12.7. The molecule has 0 spiro atoms. The summed E-state index contributed by atoms with van der Waals surface area (Å²) < 4.78 is 3.84. The third kappa shape index (κ3) is 3.93. The fraction of sp³-hybridized carbons (Fsp3) is 0.391. The summed E-state index contributed by atoms with van der Waals surface area (Å²) in [4.78, 5) is 0. The number of unbranched alkanes of at least 4 members (excludes halogenated alkanes) is 2. The van der Waals surface area contributed by atoms with Gasteiger partial charge in [0.1, 0.15) is 0 Å². The van der Waals surface area contributed by atoms with Crippen LogP contribution in [0.15, 0.2) is 54.6 Å². The molecule has 1 atom stereocenters. The molecule has 0 N–H and O–H groups in total. The molecule has 3 rings (SSSR count). The third-order valence-corrected chi connectivity index (χ3v) is 10.4. The molecular weight excluding hydrogens is 324 g/mol. The van der Waals surface area contributed by atoms with Crippen molar-refractivity contribution in [1.29, 1.82) is 0 Å². The Hall–Kier alpha value is -1.11. The first kappa shape index (κ1) is 17.7. The third-order valence-electron chi connectivity index (χ3n) is 5.16. The zero-order valence-electron chi connectivity index (χ0n) is 15.1. The van der Waals surface area contributed by atoms with E-state index in [1.807, 2.05) is 0 Å². The van der Waals surface area contributed by atoms with Crippen LogP contribution >= 0.6 is 0 Å². The van der Waals surface area contributed by atoms with E-state index in [1.54, 1.807) is 5.56 Å². The number of hydrogen-bond donors (Lipinski definition) is 0. The SMILES string of the molecule is CCC[CH2][Ti]([CH2]CCC)[CH]1C=Cc2c(-c3ccccc3)cccc21. The van der Waals surface area contributed by atoms with Crippen molar-refractivity contribution in [2.45, 2.75) is 53.2 Å². The molecule has 0 saturated carbocycles. The molecule has 125 valence electrons. The standard InChI is InChI=1S/C15H11.2C4H9.Ti/c1-2-6-12(7-3-1)14-10-4-8-13-9-5-11-15(13)14;2*1-3-4-2;/h1-11H;2*1,3-4H2,2H3;. The van der Waals surface area contributed by atoms with Gasteiger partial charge >= 0.3 is 154 Å². The summed E-state index contributed by atoms with van der Waals surface area (Å²) in [6.07, 6.45) is 10.5. The summed E-state index contributed by atoms with van der Waals surface area (Å²) >= 11 is -1.07. The number of benzene rings is 2.